The molecule has 0 fully saturated rings. The average Bonchev–Trinajstić information content (AvgIpc) is 2.63. The molecule has 5 nitrogen and oxygen atoms in total. The van der Waals surface area contributed by atoms with Gasteiger partial charge in [-0.1, -0.05) is 18.5 Å². The predicted octanol–water partition coefficient (Wildman–Crippen LogP) is 1.61. The minimum absolute atomic E-state index is 0.142. The number of ether oxygens (including phenoxy) is 1. The number of aliphatic hydroxyl groups is 1. The lowest BCUT2D eigenvalue weighted by molar-refractivity contribution is 0.0853. The van der Waals surface area contributed by atoms with Crippen molar-refractivity contribution >= 4 is 0 Å². The largest absolute Gasteiger partial charge is 0.384 e. The summed E-state index contributed by atoms with van der Waals surface area (Å²) >= 11 is 0. The molecule has 0 saturated carbocycles. The number of methoxy groups -OCH3 is 1. The maximum absolute atomic E-state index is 9.18. The van der Waals surface area contributed by atoms with Crippen molar-refractivity contribution in [3.8, 4) is 0 Å². The normalized spacial score (nSPS) is 15.4. The molecule has 5 heteroatoms. The molecule has 14 heavy (non-hydrogen) atoms. The molecule has 0 aliphatic heterocycles. The molecular weight excluding hydrogens is 184 g/mol. The number of rotatable bonds is 5. The van der Waals surface area contributed by atoms with E-state index in [1.807, 2.05) is 0 Å². The van der Waals surface area contributed by atoms with Gasteiger partial charge in [0.1, 0.15) is 12.2 Å². The van der Waals surface area contributed by atoms with Crippen LogP contribution in [0.1, 0.15) is 50.6 Å². The Morgan fingerprint density at radius 1 is 1.57 bits per heavy atom. The van der Waals surface area contributed by atoms with Crippen molar-refractivity contribution in [2.75, 3.05) is 7.11 Å². The van der Waals surface area contributed by atoms with E-state index in [0.717, 1.165) is 12.8 Å². The van der Waals surface area contributed by atoms with E-state index in [4.69, 9.17) is 9.26 Å². The van der Waals surface area contributed by atoms with Gasteiger partial charge >= 0.3 is 0 Å². The number of hydrogen-bond donors (Lipinski definition) is 1. The van der Waals surface area contributed by atoms with Crippen LogP contribution in [0.25, 0.3) is 0 Å². The Hall–Kier alpha value is -0.940. The summed E-state index contributed by atoms with van der Waals surface area (Å²) in [5, 5.41) is 12.9. The lowest BCUT2D eigenvalue weighted by Crippen LogP contribution is -2.03. The molecule has 0 aliphatic carbocycles. The molecule has 1 rings (SSSR count). The molecule has 2 atom stereocenters. The van der Waals surface area contributed by atoms with Crippen LogP contribution in [0.3, 0.4) is 0 Å². The zero-order chi connectivity index (χ0) is 10.6. The van der Waals surface area contributed by atoms with Gasteiger partial charge < -0.3 is 14.4 Å². The summed E-state index contributed by atoms with van der Waals surface area (Å²) < 4.78 is 10.1. The van der Waals surface area contributed by atoms with Gasteiger partial charge in [-0.3, -0.25) is 0 Å². The molecule has 80 valence electrons. The average molecular weight is 200 g/mol. The van der Waals surface area contributed by atoms with Crippen molar-refractivity contribution in [1.29, 1.82) is 0 Å². The maximum Gasteiger partial charge on any atom is 0.255 e. The van der Waals surface area contributed by atoms with Gasteiger partial charge in [0.25, 0.3) is 5.89 Å². The van der Waals surface area contributed by atoms with E-state index >= 15 is 0 Å². The zero-order valence-electron chi connectivity index (χ0n) is 8.73. The highest BCUT2D eigenvalue weighted by Crippen LogP contribution is 2.20. The predicted molar refractivity (Wildman–Crippen MR) is 49.6 cm³/mol. The first-order chi connectivity index (χ1) is 6.69. The van der Waals surface area contributed by atoms with E-state index in [2.05, 4.69) is 17.1 Å². The molecule has 0 aromatic carbocycles. The topological polar surface area (TPSA) is 68.4 Å². The van der Waals surface area contributed by atoms with Crippen molar-refractivity contribution in [2.24, 2.45) is 0 Å². The Bertz CT molecular complexity index is 273. The van der Waals surface area contributed by atoms with Gasteiger partial charge in [-0.15, -0.1) is 0 Å². The van der Waals surface area contributed by atoms with E-state index < -0.39 is 6.10 Å². The zero-order valence-corrected chi connectivity index (χ0v) is 8.73. The first-order valence-corrected chi connectivity index (χ1v) is 4.73. The van der Waals surface area contributed by atoms with Crippen LogP contribution in [-0.4, -0.2) is 22.4 Å². The van der Waals surface area contributed by atoms with Gasteiger partial charge in [-0.2, -0.15) is 4.98 Å². The third-order valence-corrected chi connectivity index (χ3v) is 1.94. The van der Waals surface area contributed by atoms with Gasteiger partial charge in [0.15, 0.2) is 0 Å². The first kappa shape index (κ1) is 11.1. The van der Waals surface area contributed by atoms with Gasteiger partial charge in [0, 0.05) is 7.11 Å². The fourth-order valence-electron chi connectivity index (χ4n) is 1.16. The third kappa shape index (κ3) is 2.52. The minimum Gasteiger partial charge on any atom is -0.384 e. The van der Waals surface area contributed by atoms with Crippen LogP contribution in [0.2, 0.25) is 0 Å². The van der Waals surface area contributed by atoms with Crippen molar-refractivity contribution < 1.29 is 14.4 Å². The summed E-state index contributed by atoms with van der Waals surface area (Å²) in [4.78, 5) is 4.05. The van der Waals surface area contributed by atoms with E-state index in [0.29, 0.717) is 5.82 Å². The second-order valence-electron chi connectivity index (χ2n) is 3.18. The fourth-order valence-corrected chi connectivity index (χ4v) is 1.16. The number of hydrogen-bond acceptors (Lipinski definition) is 5. The molecule has 1 heterocycles. The van der Waals surface area contributed by atoms with Gasteiger partial charge in [0.2, 0.25) is 5.82 Å². The summed E-state index contributed by atoms with van der Waals surface area (Å²) in [6.45, 7) is 3.64. The van der Waals surface area contributed by atoms with Gasteiger partial charge in [-0.05, 0) is 13.3 Å². The lowest BCUT2D eigenvalue weighted by atomic mass is 10.2. The molecule has 0 radical (unpaired) electrons. The third-order valence-electron chi connectivity index (χ3n) is 1.94. The summed E-state index contributed by atoms with van der Waals surface area (Å²) in [5.74, 6) is 0.739. The Balaban J connectivity index is 2.73. The van der Waals surface area contributed by atoms with Crippen molar-refractivity contribution in [3.05, 3.63) is 11.7 Å². The Labute approximate surface area is 83.1 Å². The lowest BCUT2D eigenvalue weighted by Gasteiger charge is -2.08. The molecule has 1 aromatic rings. The van der Waals surface area contributed by atoms with E-state index in [1.165, 1.54) is 0 Å². The van der Waals surface area contributed by atoms with E-state index in [-0.39, 0.29) is 12.0 Å². The smallest absolute Gasteiger partial charge is 0.255 e. The minimum atomic E-state index is -0.726. The van der Waals surface area contributed by atoms with Gasteiger partial charge in [-0.25, -0.2) is 0 Å². The summed E-state index contributed by atoms with van der Waals surface area (Å²) in [7, 11) is 1.61. The monoisotopic (exact) mass is 200 g/mol. The van der Waals surface area contributed by atoms with Crippen LogP contribution < -0.4 is 0 Å². The molecule has 0 spiro atoms. The molecule has 2 unspecified atom stereocenters. The number of nitrogens with zero attached hydrogens (tertiary/aromatic N) is 2. The molecule has 0 bridgehead atoms. The van der Waals surface area contributed by atoms with Crippen LogP contribution in [0.5, 0.6) is 0 Å². The van der Waals surface area contributed by atoms with Crippen molar-refractivity contribution in [3.63, 3.8) is 0 Å². The quantitative estimate of drug-likeness (QED) is 0.782. The van der Waals surface area contributed by atoms with Crippen LogP contribution in [0.15, 0.2) is 4.52 Å². The van der Waals surface area contributed by atoms with Crippen LogP contribution in [0.4, 0.5) is 0 Å². The summed E-state index contributed by atoms with van der Waals surface area (Å²) in [6, 6.07) is 0. The Morgan fingerprint density at radius 3 is 2.71 bits per heavy atom. The van der Waals surface area contributed by atoms with Crippen molar-refractivity contribution in [2.45, 2.75) is 38.9 Å². The summed E-state index contributed by atoms with van der Waals surface area (Å²) in [6.07, 6.45) is 0.957. The molecule has 0 aliphatic rings. The summed E-state index contributed by atoms with van der Waals surface area (Å²) in [5.41, 5.74) is 0. The SMILES string of the molecule is CCCC(OC)c1noc(C(C)O)n1. The Morgan fingerprint density at radius 2 is 2.29 bits per heavy atom. The van der Waals surface area contributed by atoms with E-state index in [9.17, 15) is 5.11 Å². The highest BCUT2D eigenvalue weighted by atomic mass is 16.5. The second-order valence-corrected chi connectivity index (χ2v) is 3.18. The van der Waals surface area contributed by atoms with E-state index in [1.54, 1.807) is 14.0 Å². The molecule has 0 saturated heterocycles. The fraction of sp³-hybridized carbons (Fsp3) is 0.778. The highest BCUT2D eigenvalue weighted by Gasteiger charge is 2.18. The first-order valence-electron chi connectivity index (χ1n) is 4.73. The van der Waals surface area contributed by atoms with Gasteiger partial charge in [0.05, 0.1) is 0 Å². The maximum atomic E-state index is 9.18. The van der Waals surface area contributed by atoms with Crippen LogP contribution >= 0.6 is 0 Å². The second kappa shape index (κ2) is 5.07. The Kier molecular flexibility index (Phi) is 4.03. The van der Waals surface area contributed by atoms with Crippen LogP contribution in [0, 0.1) is 0 Å². The molecule has 1 N–H and O–H groups in total. The number of aromatic nitrogens is 2. The number of aliphatic hydroxyl groups excluding tert-OH is 1. The standard InChI is InChI=1S/C9H16N2O3/c1-4-5-7(13-3)8-10-9(6(2)12)14-11-8/h6-7,12H,4-5H2,1-3H3. The molecular formula is C9H16N2O3. The van der Waals surface area contributed by atoms with Crippen molar-refractivity contribution in [1.82, 2.24) is 10.1 Å². The molecule has 0 amide bonds. The molecule has 1 aromatic heterocycles. The highest BCUT2D eigenvalue weighted by molar-refractivity contribution is 4.92. The van der Waals surface area contributed by atoms with Crippen LogP contribution in [-0.2, 0) is 4.74 Å².